The van der Waals surface area contributed by atoms with Crippen LogP contribution in [0.3, 0.4) is 0 Å². The molecule has 0 atom stereocenters. The molecule has 30 heavy (non-hydrogen) atoms. The number of imidazole rings is 1. The molecule has 0 unspecified atom stereocenters. The van der Waals surface area contributed by atoms with E-state index in [1.165, 1.54) is 27.6 Å². The number of hydrogen-bond acceptors (Lipinski definition) is 5. The number of benzene rings is 1. The molecule has 4 aromatic rings. The Bertz CT molecular complexity index is 1460. The highest BCUT2D eigenvalue weighted by Crippen LogP contribution is 2.24. The first kappa shape index (κ1) is 20.4. The minimum Gasteiger partial charge on any atom is -0.324 e. The van der Waals surface area contributed by atoms with Crippen LogP contribution in [0.25, 0.3) is 22.1 Å². The first-order valence-electron chi connectivity index (χ1n) is 9.34. The third-order valence-corrected chi connectivity index (χ3v) is 5.50. The molecule has 1 N–H and O–H groups in total. The smallest absolute Gasteiger partial charge is 0.324 e. The molecule has 0 fully saturated rings. The van der Waals surface area contributed by atoms with Gasteiger partial charge in [0.15, 0.2) is 11.2 Å². The highest BCUT2D eigenvalue weighted by atomic mass is 35.5. The molecule has 4 rings (SSSR count). The van der Waals surface area contributed by atoms with Gasteiger partial charge in [0.25, 0.3) is 11.1 Å². The van der Waals surface area contributed by atoms with Gasteiger partial charge in [-0.1, -0.05) is 36.5 Å². The number of fused-ring (bicyclic) bond motifs is 2. The van der Waals surface area contributed by atoms with Crippen LogP contribution in [-0.4, -0.2) is 28.7 Å². The molecule has 0 aliphatic rings. The van der Waals surface area contributed by atoms with Crippen LogP contribution in [0.15, 0.2) is 32.8 Å². The number of H-pyrrole nitrogens is 1. The van der Waals surface area contributed by atoms with Gasteiger partial charge in [-0.2, -0.15) is 0 Å². The van der Waals surface area contributed by atoms with Crippen LogP contribution in [0.4, 0.5) is 0 Å². The van der Waals surface area contributed by atoms with Gasteiger partial charge in [0, 0.05) is 18.6 Å². The summed E-state index contributed by atoms with van der Waals surface area (Å²) >= 11 is 12.2. The highest BCUT2D eigenvalue weighted by molar-refractivity contribution is 6.38. The van der Waals surface area contributed by atoms with Crippen LogP contribution in [0.1, 0.15) is 25.6 Å². The molecule has 9 nitrogen and oxygen atoms in total. The SMILES string of the molecule is CCCCn1c(=O)[nH]c(=O)c2c1nc(Cn1cnc3c(Cl)cc(Cl)cc3c1=O)n2C. The van der Waals surface area contributed by atoms with Crippen LogP contribution in [0.5, 0.6) is 0 Å². The van der Waals surface area contributed by atoms with Crippen LogP contribution in [0, 0.1) is 0 Å². The van der Waals surface area contributed by atoms with E-state index in [1.54, 1.807) is 11.6 Å². The van der Waals surface area contributed by atoms with E-state index < -0.39 is 11.2 Å². The maximum Gasteiger partial charge on any atom is 0.330 e. The summed E-state index contributed by atoms with van der Waals surface area (Å²) in [5, 5.41) is 0.903. The van der Waals surface area contributed by atoms with Crippen molar-refractivity contribution in [1.82, 2.24) is 28.7 Å². The van der Waals surface area contributed by atoms with Crippen molar-refractivity contribution in [2.75, 3.05) is 0 Å². The average molecular weight is 449 g/mol. The van der Waals surface area contributed by atoms with Crippen LogP contribution in [0.2, 0.25) is 10.0 Å². The number of aromatic nitrogens is 6. The second-order valence-corrected chi connectivity index (χ2v) is 7.83. The molecule has 3 heterocycles. The minimum atomic E-state index is -0.522. The Kier molecular flexibility index (Phi) is 5.25. The van der Waals surface area contributed by atoms with E-state index in [-0.39, 0.29) is 28.0 Å². The number of nitrogens with one attached hydrogen (secondary N) is 1. The Balaban J connectivity index is 1.87. The quantitative estimate of drug-likeness (QED) is 0.503. The highest BCUT2D eigenvalue weighted by Gasteiger charge is 2.18. The Morgan fingerprint density at radius 3 is 2.67 bits per heavy atom. The maximum atomic E-state index is 12.9. The molecular weight excluding hydrogens is 431 g/mol. The van der Waals surface area contributed by atoms with E-state index in [0.717, 1.165) is 12.8 Å². The molecule has 0 saturated carbocycles. The van der Waals surface area contributed by atoms with Crippen molar-refractivity contribution in [3.63, 3.8) is 0 Å². The third kappa shape index (κ3) is 3.33. The molecule has 0 bridgehead atoms. The van der Waals surface area contributed by atoms with Gasteiger partial charge < -0.3 is 4.57 Å². The lowest BCUT2D eigenvalue weighted by Crippen LogP contribution is -2.31. The van der Waals surface area contributed by atoms with Crippen LogP contribution in [-0.2, 0) is 20.1 Å². The fourth-order valence-electron chi connectivity index (χ4n) is 3.42. The van der Waals surface area contributed by atoms with Gasteiger partial charge in [-0.05, 0) is 18.6 Å². The summed E-state index contributed by atoms with van der Waals surface area (Å²) in [6.07, 6.45) is 3.02. The number of hydrogen-bond donors (Lipinski definition) is 1. The van der Waals surface area contributed by atoms with E-state index in [9.17, 15) is 14.4 Å². The number of unbranched alkanes of at least 4 members (excludes halogenated alkanes) is 1. The number of halogens is 2. The van der Waals surface area contributed by atoms with E-state index in [2.05, 4.69) is 15.0 Å². The summed E-state index contributed by atoms with van der Waals surface area (Å²) in [6.45, 7) is 2.50. The Morgan fingerprint density at radius 1 is 1.17 bits per heavy atom. The Morgan fingerprint density at radius 2 is 1.93 bits per heavy atom. The molecule has 1 aromatic carbocycles. The number of aryl methyl sites for hydroxylation is 2. The minimum absolute atomic E-state index is 0.0541. The lowest BCUT2D eigenvalue weighted by molar-refractivity contribution is 0.612. The third-order valence-electron chi connectivity index (χ3n) is 5.00. The molecule has 11 heteroatoms. The Labute approximate surface area is 179 Å². The summed E-state index contributed by atoms with van der Waals surface area (Å²) in [5.41, 5.74) is -0.437. The average Bonchev–Trinajstić information content (AvgIpc) is 3.01. The van der Waals surface area contributed by atoms with E-state index >= 15 is 0 Å². The van der Waals surface area contributed by atoms with Gasteiger partial charge in [0.05, 0.1) is 28.8 Å². The van der Waals surface area contributed by atoms with Crippen LogP contribution < -0.4 is 16.8 Å². The molecule has 3 aromatic heterocycles. The number of nitrogens with zero attached hydrogens (tertiary/aromatic N) is 5. The van der Waals surface area contributed by atoms with E-state index in [0.29, 0.717) is 28.6 Å². The molecular formula is C19H18Cl2N6O3. The second-order valence-electron chi connectivity index (χ2n) is 6.99. The summed E-state index contributed by atoms with van der Waals surface area (Å²) in [4.78, 5) is 48.7. The first-order valence-corrected chi connectivity index (χ1v) is 10.1. The Hall–Kier alpha value is -2.91. The zero-order valence-corrected chi connectivity index (χ0v) is 17.8. The fraction of sp³-hybridized carbons (Fsp3) is 0.316. The van der Waals surface area contributed by atoms with Gasteiger partial charge in [-0.25, -0.2) is 14.8 Å². The molecule has 0 saturated heterocycles. The van der Waals surface area contributed by atoms with Crippen LogP contribution >= 0.6 is 23.2 Å². The summed E-state index contributed by atoms with van der Waals surface area (Å²) < 4.78 is 4.39. The van der Waals surface area contributed by atoms with E-state index in [4.69, 9.17) is 23.2 Å². The van der Waals surface area contributed by atoms with Gasteiger partial charge in [0.1, 0.15) is 5.82 Å². The first-order chi connectivity index (χ1) is 14.3. The number of rotatable bonds is 5. The normalized spacial score (nSPS) is 11.6. The monoisotopic (exact) mass is 448 g/mol. The zero-order chi connectivity index (χ0) is 21.6. The molecule has 156 valence electrons. The summed E-state index contributed by atoms with van der Waals surface area (Å²) in [7, 11) is 1.67. The molecule has 0 amide bonds. The number of aromatic amines is 1. The predicted octanol–water partition coefficient (Wildman–Crippen LogP) is 2.29. The predicted molar refractivity (Wildman–Crippen MR) is 116 cm³/mol. The van der Waals surface area contributed by atoms with Gasteiger partial charge in [0.2, 0.25) is 0 Å². The van der Waals surface area contributed by atoms with Gasteiger partial charge >= 0.3 is 5.69 Å². The molecule has 0 radical (unpaired) electrons. The van der Waals surface area contributed by atoms with Crippen molar-refractivity contribution in [2.45, 2.75) is 32.9 Å². The summed E-state index contributed by atoms with van der Waals surface area (Å²) in [6, 6.07) is 3.03. The van der Waals surface area contributed by atoms with Gasteiger partial charge in [-0.3, -0.25) is 23.7 Å². The zero-order valence-electron chi connectivity index (χ0n) is 16.3. The molecule has 0 aliphatic carbocycles. The van der Waals surface area contributed by atoms with Crippen molar-refractivity contribution >= 4 is 45.3 Å². The topological polar surface area (TPSA) is 108 Å². The largest absolute Gasteiger partial charge is 0.330 e. The lowest BCUT2D eigenvalue weighted by Gasteiger charge is -2.08. The van der Waals surface area contributed by atoms with Crippen molar-refractivity contribution in [3.8, 4) is 0 Å². The van der Waals surface area contributed by atoms with Gasteiger partial charge in [-0.15, -0.1) is 0 Å². The molecule has 0 aliphatic heterocycles. The maximum absolute atomic E-state index is 12.9. The second kappa shape index (κ2) is 7.73. The van der Waals surface area contributed by atoms with Crippen molar-refractivity contribution in [3.05, 3.63) is 65.5 Å². The summed E-state index contributed by atoms with van der Waals surface area (Å²) in [5.74, 6) is 0.433. The van der Waals surface area contributed by atoms with E-state index in [1.807, 2.05) is 6.92 Å². The standard InChI is InChI=1S/C19H18Cl2N6O3/c1-3-4-5-27-16-15(17(28)24-19(27)30)25(2)13(23-16)8-26-9-22-14-11(18(26)29)6-10(20)7-12(14)21/h6-7,9H,3-5,8H2,1-2H3,(H,24,28,30). The lowest BCUT2D eigenvalue weighted by atomic mass is 10.2. The van der Waals surface area contributed by atoms with Crippen molar-refractivity contribution < 1.29 is 0 Å². The molecule has 0 spiro atoms. The fourth-order valence-corrected chi connectivity index (χ4v) is 3.96. The van der Waals surface area contributed by atoms with Crippen molar-refractivity contribution in [2.24, 2.45) is 7.05 Å². The van der Waals surface area contributed by atoms with Crippen molar-refractivity contribution in [1.29, 1.82) is 0 Å².